The molecule has 3 heteroatoms. The Kier molecular flexibility index (Phi) is 4.95. The van der Waals surface area contributed by atoms with Crippen LogP contribution in [-0.4, -0.2) is 24.8 Å². The van der Waals surface area contributed by atoms with Gasteiger partial charge >= 0.3 is 0 Å². The molecule has 0 aromatic heterocycles. The average Bonchev–Trinajstić information content (AvgIpc) is 2.14. The zero-order valence-corrected chi connectivity index (χ0v) is 9.62. The summed E-state index contributed by atoms with van der Waals surface area (Å²) in [6, 6.07) is 0. The molecule has 1 atom stereocenters. The Balaban J connectivity index is 2.27. The Labute approximate surface area is 91.2 Å². The lowest BCUT2D eigenvalue weighted by Gasteiger charge is -2.26. The highest BCUT2D eigenvalue weighted by atomic mass is 16.5. The first kappa shape index (κ1) is 12.4. The summed E-state index contributed by atoms with van der Waals surface area (Å²) in [5.41, 5.74) is 0. The molecule has 0 saturated heterocycles. The predicted molar refractivity (Wildman–Crippen MR) is 57.6 cm³/mol. The lowest BCUT2D eigenvalue weighted by atomic mass is 9.77. The normalized spacial score (nSPS) is 18.3. The van der Waals surface area contributed by atoms with Crippen LogP contribution in [0.4, 0.5) is 0 Å². The van der Waals surface area contributed by atoms with Gasteiger partial charge in [-0.2, -0.15) is 0 Å². The number of ether oxygens (including phenoxy) is 1. The number of Topliss-reactive ketones (excluding diaryl/α,β-unsaturated/α-hetero) is 2. The molecule has 0 N–H and O–H groups in total. The molecule has 1 aliphatic carbocycles. The molecular formula is C12H20O3. The van der Waals surface area contributed by atoms with Crippen LogP contribution in [0.25, 0.3) is 0 Å². The summed E-state index contributed by atoms with van der Waals surface area (Å²) in [6.07, 6.45) is 3.45. The maximum atomic E-state index is 11.7. The standard InChI is InChI=1S/C12H20O3/c1-3-15-8-7-11(13)9(2)12(14)10-5-4-6-10/h9-10H,3-8H2,1-2H3. The summed E-state index contributed by atoms with van der Waals surface area (Å²) in [5, 5.41) is 0. The maximum absolute atomic E-state index is 11.7. The zero-order valence-electron chi connectivity index (χ0n) is 9.62. The van der Waals surface area contributed by atoms with Gasteiger partial charge in [0, 0.05) is 18.9 Å². The highest BCUT2D eigenvalue weighted by molar-refractivity contribution is 6.03. The van der Waals surface area contributed by atoms with E-state index in [1.165, 1.54) is 0 Å². The van der Waals surface area contributed by atoms with Crippen molar-refractivity contribution < 1.29 is 14.3 Å². The summed E-state index contributed by atoms with van der Waals surface area (Å²) in [4.78, 5) is 23.3. The third-order valence-electron chi connectivity index (χ3n) is 3.11. The van der Waals surface area contributed by atoms with E-state index in [1.807, 2.05) is 6.92 Å². The van der Waals surface area contributed by atoms with Crippen LogP contribution in [0.5, 0.6) is 0 Å². The van der Waals surface area contributed by atoms with Gasteiger partial charge in [-0.15, -0.1) is 0 Å². The van der Waals surface area contributed by atoms with Crippen molar-refractivity contribution in [1.82, 2.24) is 0 Å². The first-order valence-corrected chi connectivity index (χ1v) is 5.81. The number of carbonyl (C=O) groups excluding carboxylic acids is 2. The van der Waals surface area contributed by atoms with Gasteiger partial charge in [-0.3, -0.25) is 9.59 Å². The number of hydrogen-bond acceptors (Lipinski definition) is 3. The van der Waals surface area contributed by atoms with Crippen molar-refractivity contribution in [2.75, 3.05) is 13.2 Å². The molecule has 86 valence electrons. The molecule has 0 radical (unpaired) electrons. The summed E-state index contributed by atoms with van der Waals surface area (Å²) in [7, 11) is 0. The Morgan fingerprint density at radius 1 is 1.40 bits per heavy atom. The van der Waals surface area contributed by atoms with Crippen molar-refractivity contribution in [3.8, 4) is 0 Å². The first-order valence-electron chi connectivity index (χ1n) is 5.81. The van der Waals surface area contributed by atoms with E-state index < -0.39 is 5.92 Å². The SMILES string of the molecule is CCOCCC(=O)C(C)C(=O)C1CCC1. The fourth-order valence-electron chi connectivity index (χ4n) is 1.74. The molecule has 0 bridgehead atoms. The second-order valence-corrected chi connectivity index (χ2v) is 4.17. The van der Waals surface area contributed by atoms with E-state index in [1.54, 1.807) is 6.92 Å². The second kappa shape index (κ2) is 6.01. The smallest absolute Gasteiger partial charge is 0.146 e. The highest BCUT2D eigenvalue weighted by Crippen LogP contribution is 2.29. The topological polar surface area (TPSA) is 43.4 Å². The Morgan fingerprint density at radius 2 is 2.07 bits per heavy atom. The Morgan fingerprint density at radius 3 is 2.53 bits per heavy atom. The van der Waals surface area contributed by atoms with E-state index >= 15 is 0 Å². The van der Waals surface area contributed by atoms with Crippen molar-refractivity contribution in [2.45, 2.75) is 39.5 Å². The zero-order chi connectivity index (χ0) is 11.3. The van der Waals surface area contributed by atoms with Crippen molar-refractivity contribution in [1.29, 1.82) is 0 Å². The molecule has 3 nitrogen and oxygen atoms in total. The molecular weight excluding hydrogens is 192 g/mol. The van der Waals surface area contributed by atoms with E-state index in [0.717, 1.165) is 19.3 Å². The molecule has 0 aliphatic heterocycles. The molecule has 1 fully saturated rings. The fraction of sp³-hybridized carbons (Fsp3) is 0.833. The molecule has 0 heterocycles. The van der Waals surface area contributed by atoms with Crippen molar-refractivity contribution in [2.24, 2.45) is 11.8 Å². The van der Waals surface area contributed by atoms with Crippen LogP contribution in [0.3, 0.4) is 0 Å². The van der Waals surface area contributed by atoms with Crippen LogP contribution < -0.4 is 0 Å². The Bertz CT molecular complexity index is 231. The molecule has 15 heavy (non-hydrogen) atoms. The Hall–Kier alpha value is -0.700. The fourth-order valence-corrected chi connectivity index (χ4v) is 1.74. The maximum Gasteiger partial charge on any atom is 0.146 e. The van der Waals surface area contributed by atoms with Crippen LogP contribution in [0.2, 0.25) is 0 Å². The van der Waals surface area contributed by atoms with Gasteiger partial charge in [0.1, 0.15) is 11.6 Å². The molecule has 1 unspecified atom stereocenters. The molecule has 0 amide bonds. The van der Waals surface area contributed by atoms with E-state index in [-0.39, 0.29) is 17.5 Å². The quantitative estimate of drug-likeness (QED) is 0.479. The lowest BCUT2D eigenvalue weighted by molar-refractivity contribution is -0.136. The monoisotopic (exact) mass is 212 g/mol. The van der Waals surface area contributed by atoms with Gasteiger partial charge in [0.05, 0.1) is 12.5 Å². The number of rotatable bonds is 7. The largest absolute Gasteiger partial charge is 0.381 e. The molecule has 0 spiro atoms. The molecule has 1 rings (SSSR count). The van der Waals surface area contributed by atoms with Crippen LogP contribution >= 0.6 is 0 Å². The van der Waals surface area contributed by atoms with Gasteiger partial charge in [-0.1, -0.05) is 6.42 Å². The van der Waals surface area contributed by atoms with Crippen molar-refractivity contribution >= 4 is 11.6 Å². The molecule has 1 aliphatic rings. The first-order chi connectivity index (χ1) is 7.16. The van der Waals surface area contributed by atoms with Crippen LogP contribution in [0, 0.1) is 11.8 Å². The van der Waals surface area contributed by atoms with E-state index in [4.69, 9.17) is 4.74 Å². The van der Waals surface area contributed by atoms with E-state index in [2.05, 4.69) is 0 Å². The summed E-state index contributed by atoms with van der Waals surface area (Å²) in [5.74, 6) is -0.0881. The summed E-state index contributed by atoms with van der Waals surface area (Å²) < 4.78 is 5.10. The second-order valence-electron chi connectivity index (χ2n) is 4.17. The highest BCUT2D eigenvalue weighted by Gasteiger charge is 2.31. The van der Waals surface area contributed by atoms with Gasteiger partial charge in [0.25, 0.3) is 0 Å². The molecule has 1 saturated carbocycles. The minimum absolute atomic E-state index is 0.0281. The minimum atomic E-state index is -0.421. The summed E-state index contributed by atoms with van der Waals surface area (Å²) >= 11 is 0. The minimum Gasteiger partial charge on any atom is -0.381 e. The average molecular weight is 212 g/mol. The van der Waals surface area contributed by atoms with Crippen LogP contribution in [0.1, 0.15) is 39.5 Å². The number of carbonyl (C=O) groups is 2. The van der Waals surface area contributed by atoms with Crippen LogP contribution in [0.15, 0.2) is 0 Å². The number of hydrogen-bond donors (Lipinski definition) is 0. The predicted octanol–water partition coefficient (Wildman–Crippen LogP) is 1.99. The van der Waals surface area contributed by atoms with Gasteiger partial charge in [0.15, 0.2) is 0 Å². The van der Waals surface area contributed by atoms with Gasteiger partial charge in [0.2, 0.25) is 0 Å². The van der Waals surface area contributed by atoms with E-state index in [9.17, 15) is 9.59 Å². The van der Waals surface area contributed by atoms with Gasteiger partial charge in [-0.05, 0) is 26.7 Å². The molecule has 0 aromatic rings. The van der Waals surface area contributed by atoms with Crippen molar-refractivity contribution in [3.05, 3.63) is 0 Å². The van der Waals surface area contributed by atoms with Crippen molar-refractivity contribution in [3.63, 3.8) is 0 Å². The lowest BCUT2D eigenvalue weighted by Crippen LogP contribution is -2.32. The van der Waals surface area contributed by atoms with Gasteiger partial charge < -0.3 is 4.74 Å². The molecule has 0 aromatic carbocycles. The van der Waals surface area contributed by atoms with E-state index in [0.29, 0.717) is 19.6 Å². The third kappa shape index (κ3) is 3.42. The third-order valence-corrected chi connectivity index (χ3v) is 3.11. The number of ketones is 2. The summed E-state index contributed by atoms with van der Waals surface area (Å²) in [6.45, 7) is 4.69. The van der Waals surface area contributed by atoms with Gasteiger partial charge in [-0.25, -0.2) is 0 Å². The van der Waals surface area contributed by atoms with Crippen LogP contribution in [-0.2, 0) is 14.3 Å².